The van der Waals surface area contributed by atoms with Crippen LogP contribution in [-0.2, 0) is 9.53 Å². The number of hydrogen-bond acceptors (Lipinski definition) is 5. The summed E-state index contributed by atoms with van der Waals surface area (Å²) >= 11 is 1.43. The minimum absolute atomic E-state index is 0.00119. The number of thiophene rings is 1. The summed E-state index contributed by atoms with van der Waals surface area (Å²) in [5, 5.41) is 4.60. The van der Waals surface area contributed by atoms with Gasteiger partial charge in [-0.3, -0.25) is 9.59 Å². The Kier molecular flexibility index (Phi) is 5.87. The number of nitrogens with zero attached hydrogens (tertiary/aromatic N) is 1. The minimum atomic E-state index is -0.569. The second kappa shape index (κ2) is 7.56. The number of likely N-dealkylation sites (tertiary alicyclic amines) is 1. The Morgan fingerprint density at radius 3 is 2.60 bits per heavy atom. The topological polar surface area (TPSA) is 75.7 Å². The summed E-state index contributed by atoms with van der Waals surface area (Å²) in [5.74, 6) is -0.0472. The molecule has 0 saturated carbocycles. The molecule has 0 spiro atoms. The van der Waals surface area contributed by atoms with Crippen LogP contribution in [-0.4, -0.2) is 47.4 Å². The van der Waals surface area contributed by atoms with E-state index in [1.165, 1.54) is 11.3 Å². The van der Waals surface area contributed by atoms with Gasteiger partial charge in [-0.05, 0) is 57.5 Å². The number of rotatable bonds is 5. The summed E-state index contributed by atoms with van der Waals surface area (Å²) in [5.41, 5.74) is 1.51. The van der Waals surface area contributed by atoms with Crippen molar-refractivity contribution in [2.45, 2.75) is 59.1 Å². The second-order valence-electron chi connectivity index (χ2n) is 7.31. The molecule has 1 aromatic heterocycles. The van der Waals surface area contributed by atoms with Gasteiger partial charge in [0.25, 0.3) is 0 Å². The Bertz CT molecular complexity index is 675. The molecule has 1 N–H and O–H groups in total. The summed E-state index contributed by atoms with van der Waals surface area (Å²) in [7, 11) is 0. The number of hydrogen-bond donors (Lipinski definition) is 1. The van der Waals surface area contributed by atoms with E-state index in [-0.39, 0.29) is 18.2 Å². The van der Waals surface area contributed by atoms with Crippen LogP contribution in [0.5, 0.6) is 0 Å². The molecule has 2 heterocycles. The molecule has 138 valence electrons. The van der Waals surface area contributed by atoms with Crippen LogP contribution in [0.4, 0.5) is 4.79 Å². The first-order chi connectivity index (χ1) is 11.6. The van der Waals surface area contributed by atoms with Crippen molar-refractivity contribution in [3.05, 3.63) is 21.4 Å². The van der Waals surface area contributed by atoms with E-state index in [4.69, 9.17) is 4.74 Å². The number of alkyl carbamates (subject to hydrolysis) is 1. The van der Waals surface area contributed by atoms with Crippen LogP contribution in [0, 0.1) is 13.8 Å². The number of aryl methyl sites for hydroxylation is 1. The largest absolute Gasteiger partial charge is 0.444 e. The van der Waals surface area contributed by atoms with Crippen molar-refractivity contribution in [1.82, 2.24) is 10.2 Å². The van der Waals surface area contributed by atoms with Crippen molar-refractivity contribution in [1.29, 1.82) is 0 Å². The summed E-state index contributed by atoms with van der Waals surface area (Å²) in [4.78, 5) is 39.0. The van der Waals surface area contributed by atoms with Crippen LogP contribution in [0.3, 0.4) is 0 Å². The number of nitrogens with one attached hydrogen (secondary N) is 1. The van der Waals surface area contributed by atoms with E-state index in [1.807, 2.05) is 19.2 Å². The fraction of sp³-hybridized carbons (Fsp3) is 0.611. The van der Waals surface area contributed by atoms with E-state index in [0.29, 0.717) is 19.4 Å². The van der Waals surface area contributed by atoms with Gasteiger partial charge >= 0.3 is 6.09 Å². The number of amides is 2. The van der Waals surface area contributed by atoms with E-state index in [0.717, 1.165) is 16.0 Å². The molecule has 0 unspecified atom stereocenters. The third-order valence-electron chi connectivity index (χ3n) is 4.16. The van der Waals surface area contributed by atoms with Crippen molar-refractivity contribution in [2.24, 2.45) is 0 Å². The SMILES string of the molecule is Cc1csc(C(=O)[C@@H]2CCC(=O)N2CCNC(=O)OC(C)(C)C)c1C. The van der Waals surface area contributed by atoms with E-state index in [2.05, 4.69) is 5.32 Å². The molecule has 2 amide bonds. The maximum Gasteiger partial charge on any atom is 0.407 e. The summed E-state index contributed by atoms with van der Waals surface area (Å²) in [6.07, 6.45) is 0.374. The molecule has 1 fully saturated rings. The molecule has 0 bridgehead atoms. The number of ether oxygens (including phenoxy) is 1. The first-order valence-electron chi connectivity index (χ1n) is 8.45. The molecular weight excluding hydrogens is 340 g/mol. The molecule has 1 aromatic rings. The lowest BCUT2D eigenvalue weighted by Gasteiger charge is -2.24. The van der Waals surface area contributed by atoms with E-state index in [1.54, 1.807) is 25.7 Å². The van der Waals surface area contributed by atoms with Gasteiger partial charge in [-0.1, -0.05) is 0 Å². The fourth-order valence-corrected chi connectivity index (χ4v) is 3.84. The first kappa shape index (κ1) is 19.4. The van der Waals surface area contributed by atoms with E-state index in [9.17, 15) is 14.4 Å². The lowest BCUT2D eigenvalue weighted by atomic mass is 10.0. The Morgan fingerprint density at radius 2 is 2.04 bits per heavy atom. The number of ketones is 1. The van der Waals surface area contributed by atoms with Crippen molar-refractivity contribution >= 4 is 29.1 Å². The van der Waals surface area contributed by atoms with Gasteiger partial charge in [0.2, 0.25) is 5.91 Å². The van der Waals surface area contributed by atoms with Crippen LogP contribution in [0.25, 0.3) is 0 Å². The minimum Gasteiger partial charge on any atom is -0.444 e. The predicted octanol–water partition coefficient (Wildman–Crippen LogP) is 3.06. The normalized spacial score (nSPS) is 17.7. The van der Waals surface area contributed by atoms with Crippen LogP contribution in [0.1, 0.15) is 54.4 Å². The van der Waals surface area contributed by atoms with Crippen molar-refractivity contribution in [3.8, 4) is 0 Å². The molecule has 1 aliphatic heterocycles. The average Bonchev–Trinajstić information content (AvgIpc) is 3.01. The smallest absolute Gasteiger partial charge is 0.407 e. The third-order valence-corrected chi connectivity index (χ3v) is 5.38. The van der Waals surface area contributed by atoms with Crippen LogP contribution >= 0.6 is 11.3 Å². The van der Waals surface area contributed by atoms with Crippen molar-refractivity contribution in [2.75, 3.05) is 13.1 Å². The van der Waals surface area contributed by atoms with Crippen LogP contribution in [0.15, 0.2) is 5.38 Å². The van der Waals surface area contributed by atoms with Crippen LogP contribution < -0.4 is 5.32 Å². The number of Topliss-reactive ketones (excluding diaryl/α,β-unsaturated/α-hetero) is 1. The Balaban J connectivity index is 1.96. The molecule has 1 saturated heterocycles. The number of carbonyl (C=O) groups excluding carboxylic acids is 3. The molecule has 1 atom stereocenters. The number of carbonyl (C=O) groups is 3. The zero-order chi connectivity index (χ0) is 18.8. The van der Waals surface area contributed by atoms with Crippen molar-refractivity contribution in [3.63, 3.8) is 0 Å². The predicted molar refractivity (Wildman–Crippen MR) is 97.1 cm³/mol. The molecule has 7 heteroatoms. The third kappa shape index (κ3) is 4.81. The highest BCUT2D eigenvalue weighted by atomic mass is 32.1. The van der Waals surface area contributed by atoms with Gasteiger partial charge in [0.15, 0.2) is 5.78 Å². The standard InChI is InChI=1S/C18H26N2O4S/c1-11-10-25-16(12(11)2)15(22)13-6-7-14(21)20(13)9-8-19-17(23)24-18(3,4)5/h10,13H,6-9H2,1-5H3,(H,19,23)/t13-/m0/s1. The fourth-order valence-electron chi connectivity index (χ4n) is 2.78. The Morgan fingerprint density at radius 1 is 1.36 bits per heavy atom. The maximum atomic E-state index is 12.8. The first-order valence-corrected chi connectivity index (χ1v) is 9.33. The van der Waals surface area contributed by atoms with Crippen molar-refractivity contribution < 1.29 is 19.1 Å². The van der Waals surface area contributed by atoms with E-state index >= 15 is 0 Å². The summed E-state index contributed by atoms with van der Waals surface area (Å²) < 4.78 is 5.17. The van der Waals surface area contributed by atoms with Gasteiger partial charge in [0, 0.05) is 19.5 Å². The highest BCUT2D eigenvalue weighted by Crippen LogP contribution is 2.28. The highest BCUT2D eigenvalue weighted by Gasteiger charge is 2.37. The Hall–Kier alpha value is -1.89. The van der Waals surface area contributed by atoms with Crippen LogP contribution in [0.2, 0.25) is 0 Å². The molecule has 0 aliphatic carbocycles. The molecule has 2 rings (SSSR count). The highest BCUT2D eigenvalue weighted by molar-refractivity contribution is 7.12. The zero-order valence-electron chi connectivity index (χ0n) is 15.5. The molecule has 0 radical (unpaired) electrons. The maximum absolute atomic E-state index is 12.8. The molecule has 0 aromatic carbocycles. The molecule has 6 nitrogen and oxygen atoms in total. The van der Waals surface area contributed by atoms with Gasteiger partial charge in [-0.2, -0.15) is 0 Å². The van der Waals surface area contributed by atoms with Gasteiger partial charge in [-0.15, -0.1) is 11.3 Å². The lowest BCUT2D eigenvalue weighted by molar-refractivity contribution is -0.128. The summed E-state index contributed by atoms with van der Waals surface area (Å²) in [6.45, 7) is 9.84. The quantitative estimate of drug-likeness (QED) is 0.813. The van der Waals surface area contributed by atoms with Gasteiger partial charge in [-0.25, -0.2) is 4.79 Å². The zero-order valence-corrected chi connectivity index (χ0v) is 16.3. The van der Waals surface area contributed by atoms with Gasteiger partial charge in [0.05, 0.1) is 10.9 Å². The average molecular weight is 366 g/mol. The lowest BCUT2D eigenvalue weighted by Crippen LogP contribution is -2.44. The summed E-state index contributed by atoms with van der Waals surface area (Å²) in [6, 6.07) is -0.440. The molecule has 1 aliphatic rings. The van der Waals surface area contributed by atoms with Gasteiger partial charge in [0.1, 0.15) is 5.60 Å². The Labute approximate surface area is 152 Å². The monoisotopic (exact) mass is 366 g/mol. The van der Waals surface area contributed by atoms with E-state index < -0.39 is 17.7 Å². The van der Waals surface area contributed by atoms with Gasteiger partial charge < -0.3 is 15.0 Å². The second-order valence-corrected chi connectivity index (χ2v) is 8.19. The molecule has 25 heavy (non-hydrogen) atoms. The molecular formula is C18H26N2O4S.